The van der Waals surface area contributed by atoms with Gasteiger partial charge in [-0.05, 0) is 35.9 Å². The van der Waals surface area contributed by atoms with E-state index in [0.717, 1.165) is 28.1 Å². The molecule has 2 aliphatic heterocycles. The van der Waals surface area contributed by atoms with Crippen molar-refractivity contribution in [3.8, 4) is 17.6 Å². The van der Waals surface area contributed by atoms with Crippen LogP contribution in [0.4, 0.5) is 4.39 Å². The van der Waals surface area contributed by atoms with Gasteiger partial charge in [-0.1, -0.05) is 6.07 Å². The van der Waals surface area contributed by atoms with Gasteiger partial charge >= 0.3 is 0 Å². The Kier molecular flexibility index (Phi) is 4.54. The summed E-state index contributed by atoms with van der Waals surface area (Å²) in [6.45, 7) is 1.89. The molecule has 0 radical (unpaired) electrons. The van der Waals surface area contributed by atoms with Gasteiger partial charge in [0.2, 0.25) is 6.79 Å². The van der Waals surface area contributed by atoms with Gasteiger partial charge < -0.3 is 19.2 Å². The van der Waals surface area contributed by atoms with E-state index in [-0.39, 0.29) is 13.4 Å². The third kappa shape index (κ3) is 3.62. The lowest BCUT2D eigenvalue weighted by atomic mass is 10.2. The van der Waals surface area contributed by atoms with E-state index in [2.05, 4.69) is 16.0 Å². The zero-order valence-corrected chi connectivity index (χ0v) is 15.6. The summed E-state index contributed by atoms with van der Waals surface area (Å²) in [4.78, 5) is 9.61. The summed E-state index contributed by atoms with van der Waals surface area (Å²) in [5.41, 5.74) is 3.14. The Labute approximate surface area is 166 Å². The fourth-order valence-corrected chi connectivity index (χ4v) is 3.78. The maximum atomic E-state index is 14.5. The first-order chi connectivity index (χ1) is 14.2. The van der Waals surface area contributed by atoms with Crippen molar-refractivity contribution in [2.45, 2.75) is 25.4 Å². The van der Waals surface area contributed by atoms with Gasteiger partial charge in [0, 0.05) is 19.6 Å². The molecule has 3 heterocycles. The highest BCUT2D eigenvalue weighted by atomic mass is 19.1. The van der Waals surface area contributed by atoms with Crippen LogP contribution in [0.5, 0.6) is 11.5 Å². The predicted octanol–water partition coefficient (Wildman–Crippen LogP) is 2.90. The molecule has 3 aromatic rings. The van der Waals surface area contributed by atoms with Crippen LogP contribution in [-0.2, 0) is 17.9 Å². The lowest BCUT2D eigenvalue weighted by molar-refractivity contribution is 0.00863. The molecule has 2 unspecified atom stereocenters. The van der Waals surface area contributed by atoms with Crippen LogP contribution in [0.15, 0.2) is 36.4 Å². The van der Waals surface area contributed by atoms with Crippen molar-refractivity contribution >= 4 is 11.0 Å². The molecule has 29 heavy (non-hydrogen) atoms. The predicted molar refractivity (Wildman–Crippen MR) is 102 cm³/mol. The standard InChI is InChI=1S/C21H19FN4O3/c22-15-9-26(8-14-2-4-18-19(6-14)29-12-28-18)10-20(15)27-11-21-24-16-3-1-13(7-23)5-17(16)25-21/h1-6,15,20H,8-12H2,(H,24,25). The summed E-state index contributed by atoms with van der Waals surface area (Å²) in [5, 5.41) is 8.99. The summed E-state index contributed by atoms with van der Waals surface area (Å²) in [5.74, 6) is 2.10. The van der Waals surface area contributed by atoms with Crippen LogP contribution in [-0.4, -0.2) is 47.0 Å². The van der Waals surface area contributed by atoms with Crippen LogP contribution in [0.25, 0.3) is 11.0 Å². The van der Waals surface area contributed by atoms with Crippen molar-refractivity contribution in [3.63, 3.8) is 0 Å². The minimum atomic E-state index is -1.06. The van der Waals surface area contributed by atoms with E-state index in [0.29, 0.717) is 31.0 Å². The molecular formula is C21H19FN4O3. The molecule has 2 aliphatic rings. The molecule has 0 bridgehead atoms. The number of ether oxygens (including phenoxy) is 3. The van der Waals surface area contributed by atoms with E-state index < -0.39 is 12.3 Å². The Morgan fingerprint density at radius 3 is 3.00 bits per heavy atom. The highest BCUT2D eigenvalue weighted by Crippen LogP contribution is 2.33. The number of aromatic amines is 1. The number of H-pyrrole nitrogens is 1. The number of aromatic nitrogens is 2. The third-order valence-corrected chi connectivity index (χ3v) is 5.21. The smallest absolute Gasteiger partial charge is 0.231 e. The molecule has 148 valence electrons. The second-order valence-corrected chi connectivity index (χ2v) is 7.27. The van der Waals surface area contributed by atoms with Gasteiger partial charge in [0.25, 0.3) is 0 Å². The number of hydrogen-bond acceptors (Lipinski definition) is 6. The van der Waals surface area contributed by atoms with E-state index in [1.165, 1.54) is 0 Å². The summed E-state index contributed by atoms with van der Waals surface area (Å²) in [6.07, 6.45) is -1.56. The number of likely N-dealkylation sites (tertiary alicyclic amines) is 1. The second-order valence-electron chi connectivity index (χ2n) is 7.27. The molecule has 1 saturated heterocycles. The van der Waals surface area contributed by atoms with E-state index in [4.69, 9.17) is 19.5 Å². The van der Waals surface area contributed by atoms with E-state index in [1.807, 2.05) is 23.1 Å². The van der Waals surface area contributed by atoms with Gasteiger partial charge in [-0.3, -0.25) is 4.90 Å². The van der Waals surface area contributed by atoms with Crippen molar-refractivity contribution < 1.29 is 18.6 Å². The summed E-state index contributed by atoms with van der Waals surface area (Å²) < 4.78 is 31.0. The molecule has 0 amide bonds. The average Bonchev–Trinajstić information content (AvgIpc) is 3.43. The first-order valence-corrected chi connectivity index (χ1v) is 9.43. The quantitative estimate of drug-likeness (QED) is 0.717. The SMILES string of the molecule is N#Cc1ccc2nc(COC3CN(Cc4ccc5c(c4)OCO5)CC3F)[nH]c2c1. The topological polar surface area (TPSA) is 83.4 Å². The monoisotopic (exact) mass is 394 g/mol. The van der Waals surface area contributed by atoms with Crippen molar-refractivity contribution in [1.82, 2.24) is 14.9 Å². The van der Waals surface area contributed by atoms with Crippen LogP contribution in [0.2, 0.25) is 0 Å². The van der Waals surface area contributed by atoms with Gasteiger partial charge in [-0.25, -0.2) is 9.37 Å². The normalized spacial score (nSPS) is 21.0. The van der Waals surface area contributed by atoms with Crippen molar-refractivity contribution in [2.24, 2.45) is 0 Å². The second kappa shape index (κ2) is 7.35. The van der Waals surface area contributed by atoms with Gasteiger partial charge in [-0.15, -0.1) is 0 Å². The molecule has 2 aromatic carbocycles. The lowest BCUT2D eigenvalue weighted by Crippen LogP contribution is -2.24. The van der Waals surface area contributed by atoms with Crippen LogP contribution >= 0.6 is 0 Å². The fraction of sp³-hybridized carbons (Fsp3) is 0.333. The van der Waals surface area contributed by atoms with Crippen molar-refractivity contribution in [3.05, 3.63) is 53.3 Å². The van der Waals surface area contributed by atoms with Crippen LogP contribution in [0.3, 0.4) is 0 Å². The Morgan fingerprint density at radius 1 is 1.21 bits per heavy atom. The highest BCUT2D eigenvalue weighted by molar-refractivity contribution is 5.76. The van der Waals surface area contributed by atoms with Crippen LogP contribution in [0, 0.1) is 11.3 Å². The molecule has 2 atom stereocenters. The van der Waals surface area contributed by atoms with Gasteiger partial charge in [0.15, 0.2) is 11.5 Å². The molecule has 0 spiro atoms. The third-order valence-electron chi connectivity index (χ3n) is 5.21. The largest absolute Gasteiger partial charge is 0.454 e. The number of nitriles is 1. The number of imidazole rings is 1. The zero-order valence-electron chi connectivity index (χ0n) is 15.6. The van der Waals surface area contributed by atoms with Gasteiger partial charge in [-0.2, -0.15) is 5.26 Å². The fourth-order valence-electron chi connectivity index (χ4n) is 3.78. The molecule has 1 N–H and O–H groups in total. The average molecular weight is 394 g/mol. The summed E-state index contributed by atoms with van der Waals surface area (Å²) in [7, 11) is 0. The highest BCUT2D eigenvalue weighted by Gasteiger charge is 2.34. The van der Waals surface area contributed by atoms with Gasteiger partial charge in [0.1, 0.15) is 24.7 Å². The minimum Gasteiger partial charge on any atom is -0.454 e. The van der Waals surface area contributed by atoms with E-state index >= 15 is 0 Å². The Hall–Kier alpha value is -3.15. The number of benzene rings is 2. The molecule has 0 aliphatic carbocycles. The van der Waals surface area contributed by atoms with Crippen LogP contribution in [0.1, 0.15) is 17.0 Å². The molecule has 5 rings (SSSR count). The minimum absolute atomic E-state index is 0.194. The first kappa shape index (κ1) is 17.9. The molecule has 1 fully saturated rings. The molecule has 7 nitrogen and oxygen atoms in total. The van der Waals surface area contributed by atoms with Gasteiger partial charge in [0.05, 0.1) is 22.7 Å². The first-order valence-electron chi connectivity index (χ1n) is 9.43. The number of rotatable bonds is 5. The van der Waals surface area contributed by atoms with Crippen LogP contribution < -0.4 is 9.47 Å². The number of halogens is 1. The molecule has 0 saturated carbocycles. The van der Waals surface area contributed by atoms with Crippen molar-refractivity contribution in [1.29, 1.82) is 5.26 Å². The number of fused-ring (bicyclic) bond motifs is 2. The number of alkyl halides is 1. The summed E-state index contributed by atoms with van der Waals surface area (Å²) >= 11 is 0. The summed E-state index contributed by atoms with van der Waals surface area (Å²) in [6, 6.07) is 13.1. The maximum Gasteiger partial charge on any atom is 0.231 e. The Balaban J connectivity index is 1.20. The molecular weight excluding hydrogens is 375 g/mol. The van der Waals surface area contributed by atoms with E-state index in [1.54, 1.807) is 18.2 Å². The maximum absolute atomic E-state index is 14.5. The molecule has 1 aromatic heterocycles. The zero-order chi connectivity index (χ0) is 19.8. The Bertz CT molecular complexity index is 1090. The number of nitrogens with zero attached hydrogens (tertiary/aromatic N) is 3. The molecule has 8 heteroatoms. The number of hydrogen-bond donors (Lipinski definition) is 1. The lowest BCUT2D eigenvalue weighted by Gasteiger charge is -2.16. The number of nitrogens with one attached hydrogen (secondary N) is 1. The van der Waals surface area contributed by atoms with Crippen molar-refractivity contribution in [2.75, 3.05) is 19.9 Å². The van der Waals surface area contributed by atoms with E-state index in [9.17, 15) is 4.39 Å². The Morgan fingerprint density at radius 2 is 2.10 bits per heavy atom.